The van der Waals surface area contributed by atoms with Gasteiger partial charge in [0, 0.05) is 27.5 Å². The molecule has 6 nitrogen and oxygen atoms in total. The van der Waals surface area contributed by atoms with Crippen molar-refractivity contribution in [1.82, 2.24) is 9.97 Å². The Kier molecular flexibility index (Phi) is 5.64. The van der Waals surface area contributed by atoms with Crippen LogP contribution in [0.2, 0.25) is 5.02 Å². The van der Waals surface area contributed by atoms with Crippen LogP contribution >= 0.6 is 22.9 Å². The van der Waals surface area contributed by atoms with E-state index in [2.05, 4.69) is 20.6 Å². The van der Waals surface area contributed by atoms with Gasteiger partial charge in [0.05, 0.1) is 15.9 Å². The third-order valence-corrected chi connectivity index (χ3v) is 6.13. The van der Waals surface area contributed by atoms with Crippen molar-refractivity contribution in [2.45, 2.75) is 0 Å². The van der Waals surface area contributed by atoms with Gasteiger partial charge in [-0.05, 0) is 78.2 Å². The number of carbonyl (C=O) groups excluding carboxylic acids is 2. The molecule has 0 unspecified atom stereocenters. The van der Waals surface area contributed by atoms with Gasteiger partial charge in [-0.2, -0.15) is 0 Å². The molecule has 2 heterocycles. The van der Waals surface area contributed by atoms with Crippen molar-refractivity contribution >= 4 is 57.2 Å². The Hall–Kier alpha value is -3.94. The molecule has 0 spiro atoms. The summed E-state index contributed by atoms with van der Waals surface area (Å²) in [6.45, 7) is 0. The van der Waals surface area contributed by atoms with Crippen LogP contribution in [-0.2, 0) is 0 Å². The van der Waals surface area contributed by atoms with Gasteiger partial charge in [0.25, 0.3) is 11.8 Å². The van der Waals surface area contributed by atoms with E-state index in [4.69, 9.17) is 11.6 Å². The third kappa shape index (κ3) is 4.64. The van der Waals surface area contributed by atoms with Crippen LogP contribution in [0.15, 0.2) is 84.2 Å². The summed E-state index contributed by atoms with van der Waals surface area (Å²) in [5.74, 6) is 0.350. The zero-order valence-electron chi connectivity index (χ0n) is 17.1. The minimum absolute atomic E-state index is 0.130. The van der Waals surface area contributed by atoms with Crippen LogP contribution in [-0.4, -0.2) is 21.8 Å². The molecule has 5 aromatic rings. The first kappa shape index (κ1) is 20.9. The number of carbonyl (C=O) groups is 2. The lowest BCUT2D eigenvalue weighted by Gasteiger charge is -2.05. The molecule has 0 aliphatic heterocycles. The Morgan fingerprint density at radius 2 is 1.58 bits per heavy atom. The molecular formula is C25H17ClN4O2S. The van der Waals surface area contributed by atoms with Crippen molar-refractivity contribution in [2.24, 2.45) is 0 Å². The lowest BCUT2D eigenvalue weighted by molar-refractivity contribution is 0.102. The fourth-order valence-corrected chi connectivity index (χ4v) is 4.09. The highest BCUT2D eigenvalue weighted by atomic mass is 35.5. The molecule has 5 rings (SSSR count). The minimum atomic E-state index is -0.217. The van der Waals surface area contributed by atoms with Crippen LogP contribution in [0.3, 0.4) is 0 Å². The highest BCUT2D eigenvalue weighted by molar-refractivity contribution is 7.12. The van der Waals surface area contributed by atoms with Gasteiger partial charge in [-0.3, -0.25) is 9.59 Å². The number of rotatable bonds is 5. The summed E-state index contributed by atoms with van der Waals surface area (Å²) in [6.07, 6.45) is 0. The molecule has 8 heteroatoms. The van der Waals surface area contributed by atoms with Crippen LogP contribution in [0.1, 0.15) is 20.0 Å². The van der Waals surface area contributed by atoms with Gasteiger partial charge in [-0.25, -0.2) is 4.98 Å². The van der Waals surface area contributed by atoms with E-state index in [-0.39, 0.29) is 11.8 Å². The summed E-state index contributed by atoms with van der Waals surface area (Å²) in [4.78, 5) is 33.3. The molecule has 0 aliphatic carbocycles. The number of amides is 2. The highest BCUT2D eigenvalue weighted by Crippen LogP contribution is 2.25. The third-order valence-electron chi connectivity index (χ3n) is 5.01. The Morgan fingerprint density at radius 1 is 0.848 bits per heavy atom. The van der Waals surface area contributed by atoms with E-state index < -0.39 is 0 Å². The van der Waals surface area contributed by atoms with E-state index in [1.54, 1.807) is 30.3 Å². The van der Waals surface area contributed by atoms with Crippen LogP contribution in [0.5, 0.6) is 0 Å². The number of halogens is 1. The van der Waals surface area contributed by atoms with Gasteiger partial charge >= 0.3 is 0 Å². The van der Waals surface area contributed by atoms with Crippen molar-refractivity contribution in [3.8, 4) is 11.4 Å². The van der Waals surface area contributed by atoms with E-state index >= 15 is 0 Å². The number of imidazole rings is 1. The molecule has 0 fully saturated rings. The van der Waals surface area contributed by atoms with Gasteiger partial charge in [-0.1, -0.05) is 17.7 Å². The van der Waals surface area contributed by atoms with Crippen LogP contribution in [0.4, 0.5) is 11.4 Å². The second-order valence-corrected chi connectivity index (χ2v) is 8.67. The summed E-state index contributed by atoms with van der Waals surface area (Å²) in [7, 11) is 0. The Bertz CT molecular complexity index is 1440. The van der Waals surface area contributed by atoms with Crippen molar-refractivity contribution < 1.29 is 9.59 Å². The Morgan fingerprint density at radius 3 is 2.30 bits per heavy atom. The monoisotopic (exact) mass is 472 g/mol. The largest absolute Gasteiger partial charge is 0.338 e. The summed E-state index contributed by atoms with van der Waals surface area (Å²) < 4.78 is 0. The lowest BCUT2D eigenvalue weighted by atomic mass is 10.2. The Balaban J connectivity index is 1.31. The fraction of sp³-hybridized carbons (Fsp3) is 0. The molecule has 0 atom stereocenters. The topological polar surface area (TPSA) is 86.9 Å². The molecule has 2 amide bonds. The molecule has 3 N–H and O–H groups in total. The quantitative estimate of drug-likeness (QED) is 0.274. The zero-order valence-corrected chi connectivity index (χ0v) is 18.7. The first-order valence-corrected chi connectivity index (χ1v) is 11.3. The number of benzene rings is 3. The summed E-state index contributed by atoms with van der Waals surface area (Å²) in [6, 6.07) is 23.3. The minimum Gasteiger partial charge on any atom is -0.338 e. The fourth-order valence-electron chi connectivity index (χ4n) is 3.34. The number of anilines is 2. The average molecular weight is 473 g/mol. The normalized spacial score (nSPS) is 10.8. The van der Waals surface area contributed by atoms with E-state index in [9.17, 15) is 9.59 Å². The SMILES string of the molecule is O=C(Nc1ccc2nc(-c3ccc(NC(=O)c4cccs4)cc3)[nH]c2c1)c1ccc(Cl)cc1. The number of nitrogens with one attached hydrogen (secondary N) is 3. The van der Waals surface area contributed by atoms with Gasteiger partial charge < -0.3 is 15.6 Å². The number of hydrogen-bond acceptors (Lipinski definition) is 4. The van der Waals surface area contributed by atoms with Gasteiger partial charge in [0.1, 0.15) is 5.82 Å². The molecule has 3 aromatic carbocycles. The van der Waals surface area contributed by atoms with Gasteiger partial charge in [0.2, 0.25) is 0 Å². The Labute approximate surface area is 198 Å². The molecule has 2 aromatic heterocycles. The summed E-state index contributed by atoms with van der Waals surface area (Å²) in [5.41, 5.74) is 4.35. The van der Waals surface area contributed by atoms with Gasteiger partial charge in [0.15, 0.2) is 0 Å². The van der Waals surface area contributed by atoms with Crippen molar-refractivity contribution in [2.75, 3.05) is 10.6 Å². The van der Waals surface area contributed by atoms with E-state index in [1.165, 1.54) is 11.3 Å². The van der Waals surface area contributed by atoms with Crippen molar-refractivity contribution in [3.63, 3.8) is 0 Å². The maximum absolute atomic E-state index is 12.5. The maximum atomic E-state index is 12.5. The molecule has 0 aliphatic rings. The number of fused-ring (bicyclic) bond motifs is 1. The first-order chi connectivity index (χ1) is 16.0. The van der Waals surface area contributed by atoms with Crippen LogP contribution in [0.25, 0.3) is 22.4 Å². The molecule has 0 saturated carbocycles. The highest BCUT2D eigenvalue weighted by Gasteiger charge is 2.11. The molecule has 162 valence electrons. The lowest BCUT2D eigenvalue weighted by Crippen LogP contribution is -2.11. The van der Waals surface area contributed by atoms with Gasteiger partial charge in [-0.15, -0.1) is 11.3 Å². The van der Waals surface area contributed by atoms with Crippen LogP contribution < -0.4 is 10.6 Å². The van der Waals surface area contributed by atoms with Crippen LogP contribution in [0, 0.1) is 0 Å². The molecule has 0 saturated heterocycles. The second-order valence-electron chi connectivity index (χ2n) is 7.29. The van der Waals surface area contributed by atoms with E-state index in [1.807, 2.05) is 53.9 Å². The smallest absolute Gasteiger partial charge is 0.265 e. The van der Waals surface area contributed by atoms with E-state index in [0.717, 1.165) is 16.6 Å². The predicted molar refractivity (Wildman–Crippen MR) is 133 cm³/mol. The maximum Gasteiger partial charge on any atom is 0.265 e. The number of nitrogens with zero attached hydrogens (tertiary/aromatic N) is 1. The second kappa shape index (κ2) is 8.90. The number of thiophene rings is 1. The zero-order chi connectivity index (χ0) is 22.8. The van der Waals surface area contributed by atoms with Crippen molar-refractivity contribution in [1.29, 1.82) is 0 Å². The number of H-pyrrole nitrogens is 1. The number of aromatic amines is 1. The molecule has 0 radical (unpaired) electrons. The predicted octanol–water partition coefficient (Wildman–Crippen LogP) is 6.45. The molecule has 33 heavy (non-hydrogen) atoms. The first-order valence-electron chi connectivity index (χ1n) is 10.1. The number of hydrogen-bond donors (Lipinski definition) is 3. The molecular weight excluding hydrogens is 456 g/mol. The molecule has 0 bridgehead atoms. The summed E-state index contributed by atoms with van der Waals surface area (Å²) in [5, 5.41) is 8.22. The number of aromatic nitrogens is 2. The summed E-state index contributed by atoms with van der Waals surface area (Å²) >= 11 is 7.28. The van der Waals surface area contributed by atoms with Crippen molar-refractivity contribution in [3.05, 3.63) is 99.7 Å². The standard InChI is InChI=1S/C25H17ClN4O2S/c26-17-7-3-16(4-8-17)24(31)28-19-11-12-20-21(14-19)30-23(29-20)15-5-9-18(10-6-15)27-25(32)22-2-1-13-33-22/h1-14H,(H,27,32)(H,28,31)(H,29,30). The average Bonchev–Trinajstić information content (AvgIpc) is 3.50. The van der Waals surface area contributed by atoms with E-state index in [0.29, 0.717) is 32.7 Å².